The predicted octanol–water partition coefficient (Wildman–Crippen LogP) is 2.37. The lowest BCUT2D eigenvalue weighted by atomic mass is 9.56. The first-order valence-corrected chi connectivity index (χ1v) is 11.8. The van der Waals surface area contributed by atoms with Crippen LogP contribution < -0.4 is 10.6 Å². The minimum absolute atomic E-state index is 0.0475. The van der Waals surface area contributed by atoms with E-state index in [1.165, 1.54) is 31.3 Å². The molecule has 3 aliphatic carbocycles. The molecule has 2 aromatic rings. The Morgan fingerprint density at radius 3 is 2.44 bits per heavy atom. The van der Waals surface area contributed by atoms with Gasteiger partial charge in [0, 0.05) is 20.3 Å². The van der Waals surface area contributed by atoms with E-state index < -0.39 is 58.5 Å². The third-order valence-electron chi connectivity index (χ3n) is 7.66. The molecule has 2 heterocycles. The Hall–Kier alpha value is -3.47. The van der Waals surface area contributed by atoms with Crippen molar-refractivity contribution in [1.29, 1.82) is 0 Å². The zero-order valence-electron chi connectivity index (χ0n) is 20.1. The normalized spacial score (nSPS) is 24.0. The number of halogens is 2. The highest BCUT2D eigenvalue weighted by Crippen LogP contribution is 2.71. The fraction of sp³-hybridized carbons (Fsp3) is 0.480. The van der Waals surface area contributed by atoms with Crippen molar-refractivity contribution in [2.75, 3.05) is 19.4 Å². The van der Waals surface area contributed by atoms with E-state index in [-0.39, 0.29) is 22.5 Å². The zero-order valence-corrected chi connectivity index (χ0v) is 20.1. The average Bonchev–Trinajstić information content (AvgIpc) is 3.60. The summed E-state index contributed by atoms with van der Waals surface area (Å²) in [6, 6.07) is 0.337. The number of hydrogen-bond acceptors (Lipinski definition) is 8. The number of hydrogen-bond donors (Lipinski definition) is 3. The van der Waals surface area contributed by atoms with Gasteiger partial charge < -0.3 is 15.3 Å². The van der Waals surface area contributed by atoms with Crippen LogP contribution in [0.2, 0.25) is 0 Å². The monoisotopic (exact) mass is 499 g/mol. The van der Waals surface area contributed by atoms with Gasteiger partial charge in [0.1, 0.15) is 17.9 Å². The van der Waals surface area contributed by atoms with Crippen molar-refractivity contribution < 1.29 is 28.3 Å². The molecule has 3 atom stereocenters. The van der Waals surface area contributed by atoms with Crippen LogP contribution in [0.15, 0.2) is 24.4 Å². The Morgan fingerprint density at radius 2 is 1.81 bits per heavy atom. The molecule has 1 amide bonds. The van der Waals surface area contributed by atoms with Crippen LogP contribution >= 0.6 is 0 Å². The fourth-order valence-corrected chi connectivity index (χ4v) is 5.76. The largest absolute Gasteiger partial charge is 0.504 e. The van der Waals surface area contributed by atoms with Crippen molar-refractivity contribution in [3.8, 4) is 5.75 Å². The van der Waals surface area contributed by atoms with Crippen LogP contribution in [0, 0.1) is 22.6 Å². The summed E-state index contributed by atoms with van der Waals surface area (Å²) in [7, 11) is 3.01. The molecule has 9 nitrogen and oxygen atoms in total. The number of ketones is 2. The lowest BCUT2D eigenvalue weighted by Gasteiger charge is -2.53. The maximum atomic E-state index is 14.8. The first-order chi connectivity index (χ1) is 16.9. The summed E-state index contributed by atoms with van der Waals surface area (Å²) in [6.07, 6.45) is 4.99. The molecule has 0 aromatic carbocycles. The SMILES string of the molecule is CN(C)C(=O)c1nccc(N[C@H]2C(=O)C(=O)C2NC(c2nc(F)ccc2F)C2(C)CC3(CC3)C2)c1O. The fourth-order valence-electron chi connectivity index (χ4n) is 5.76. The Balaban J connectivity index is 1.43. The summed E-state index contributed by atoms with van der Waals surface area (Å²) in [4.78, 5) is 46.4. The number of carbonyl (C=O) groups is 3. The van der Waals surface area contributed by atoms with Gasteiger partial charge >= 0.3 is 0 Å². The number of amides is 1. The molecule has 36 heavy (non-hydrogen) atoms. The quantitative estimate of drug-likeness (QED) is 0.392. The maximum Gasteiger partial charge on any atom is 0.275 e. The number of anilines is 1. The van der Waals surface area contributed by atoms with Crippen molar-refractivity contribution in [2.24, 2.45) is 10.8 Å². The summed E-state index contributed by atoms with van der Waals surface area (Å²) >= 11 is 0. The molecule has 3 fully saturated rings. The highest BCUT2D eigenvalue weighted by Gasteiger charge is 2.63. The van der Waals surface area contributed by atoms with Crippen molar-refractivity contribution in [2.45, 2.75) is 50.7 Å². The molecule has 3 aliphatic rings. The molecular weight excluding hydrogens is 472 g/mol. The second-order valence-electron chi connectivity index (χ2n) is 10.7. The van der Waals surface area contributed by atoms with Crippen LogP contribution in [0.1, 0.15) is 54.8 Å². The van der Waals surface area contributed by atoms with Gasteiger partial charge in [0.2, 0.25) is 17.5 Å². The summed E-state index contributed by atoms with van der Waals surface area (Å²) in [5, 5.41) is 16.5. The number of nitrogens with zero attached hydrogens (tertiary/aromatic N) is 3. The second kappa shape index (κ2) is 8.29. The smallest absolute Gasteiger partial charge is 0.275 e. The van der Waals surface area contributed by atoms with E-state index in [0.29, 0.717) is 0 Å². The van der Waals surface area contributed by atoms with Gasteiger partial charge in [0.15, 0.2) is 11.4 Å². The Kier molecular flexibility index (Phi) is 5.58. The standard InChI is InChI=1S/C25H27F2N5O4/c1-24(10-25(11-24)7-8-25)22(15-12(26)4-5-14(27)30-15)31-17-16(20(34)21(17)35)29-13-6-9-28-18(19(13)33)23(36)32(2)3/h4-6,9,16-17,22,31,33H,7-8,10-11H2,1-3H3,(H,28,29)/t16-,17?,22?/m1/s1. The molecule has 11 heteroatoms. The van der Waals surface area contributed by atoms with E-state index in [2.05, 4.69) is 20.6 Å². The highest BCUT2D eigenvalue weighted by atomic mass is 19.1. The van der Waals surface area contributed by atoms with Gasteiger partial charge in [0.05, 0.1) is 17.4 Å². The lowest BCUT2D eigenvalue weighted by Crippen LogP contribution is -2.69. The van der Waals surface area contributed by atoms with E-state index in [1.54, 1.807) is 0 Å². The van der Waals surface area contributed by atoms with Crippen molar-refractivity contribution in [1.82, 2.24) is 20.2 Å². The molecular formula is C25H27F2N5O4. The van der Waals surface area contributed by atoms with Crippen LogP contribution in [0.5, 0.6) is 5.75 Å². The summed E-state index contributed by atoms with van der Waals surface area (Å²) in [5.74, 6) is -3.98. The molecule has 0 radical (unpaired) electrons. The molecule has 0 saturated heterocycles. The number of nitrogens with one attached hydrogen (secondary N) is 2. The number of carbonyl (C=O) groups excluding carboxylic acids is 3. The third-order valence-corrected chi connectivity index (χ3v) is 7.66. The van der Waals surface area contributed by atoms with E-state index in [4.69, 9.17) is 0 Å². The van der Waals surface area contributed by atoms with E-state index in [1.807, 2.05) is 6.92 Å². The zero-order chi connectivity index (χ0) is 26.0. The minimum atomic E-state index is -1.09. The van der Waals surface area contributed by atoms with Gasteiger partial charge in [-0.2, -0.15) is 4.39 Å². The van der Waals surface area contributed by atoms with Gasteiger partial charge in [-0.3, -0.25) is 19.7 Å². The number of Topliss-reactive ketones (excluding diaryl/α,β-unsaturated/α-hetero) is 2. The maximum absolute atomic E-state index is 14.8. The van der Waals surface area contributed by atoms with Crippen molar-refractivity contribution >= 4 is 23.2 Å². The number of aromatic nitrogens is 2. The lowest BCUT2D eigenvalue weighted by molar-refractivity contribution is -0.146. The molecule has 5 rings (SSSR count). The van der Waals surface area contributed by atoms with Crippen LogP contribution in [-0.4, -0.2) is 63.6 Å². The number of rotatable bonds is 7. The number of aromatic hydroxyl groups is 1. The summed E-state index contributed by atoms with van der Waals surface area (Å²) in [5.41, 5.74) is -0.580. The molecule has 3 N–H and O–H groups in total. The first kappa shape index (κ1) is 24.2. The molecule has 0 bridgehead atoms. The summed E-state index contributed by atoms with van der Waals surface area (Å²) in [6.45, 7) is 1.95. The summed E-state index contributed by atoms with van der Waals surface area (Å²) < 4.78 is 28.9. The van der Waals surface area contributed by atoms with Gasteiger partial charge in [0.25, 0.3) is 5.91 Å². The Labute approximate surface area is 206 Å². The van der Waals surface area contributed by atoms with Gasteiger partial charge in [-0.15, -0.1) is 0 Å². The van der Waals surface area contributed by atoms with Crippen LogP contribution in [0.4, 0.5) is 14.5 Å². The molecule has 1 spiro atoms. The van der Waals surface area contributed by atoms with Gasteiger partial charge in [-0.1, -0.05) is 6.92 Å². The molecule has 2 aromatic heterocycles. The minimum Gasteiger partial charge on any atom is -0.504 e. The topological polar surface area (TPSA) is 125 Å². The van der Waals surface area contributed by atoms with Crippen LogP contribution in [0.25, 0.3) is 0 Å². The molecule has 0 aliphatic heterocycles. The van der Waals surface area contributed by atoms with Gasteiger partial charge in [-0.05, 0) is 54.7 Å². The van der Waals surface area contributed by atoms with Crippen molar-refractivity contribution in [3.05, 3.63) is 47.5 Å². The van der Waals surface area contributed by atoms with E-state index >= 15 is 0 Å². The molecule has 3 saturated carbocycles. The first-order valence-electron chi connectivity index (χ1n) is 11.8. The van der Waals surface area contributed by atoms with E-state index in [9.17, 15) is 28.3 Å². The van der Waals surface area contributed by atoms with Gasteiger partial charge in [-0.25, -0.2) is 14.4 Å². The third kappa shape index (κ3) is 3.91. The Bertz CT molecular complexity index is 1270. The molecule has 190 valence electrons. The van der Waals surface area contributed by atoms with Crippen molar-refractivity contribution in [3.63, 3.8) is 0 Å². The molecule has 2 unspecified atom stereocenters. The predicted molar refractivity (Wildman–Crippen MR) is 124 cm³/mol. The van der Waals surface area contributed by atoms with E-state index in [0.717, 1.165) is 37.8 Å². The highest BCUT2D eigenvalue weighted by molar-refractivity contribution is 6.49. The number of pyridine rings is 2. The second-order valence-corrected chi connectivity index (χ2v) is 10.7. The van der Waals surface area contributed by atoms with Crippen LogP contribution in [-0.2, 0) is 9.59 Å². The Morgan fingerprint density at radius 1 is 1.14 bits per heavy atom. The van der Waals surface area contributed by atoms with Crippen LogP contribution in [0.3, 0.4) is 0 Å². The average molecular weight is 500 g/mol.